The zero-order valence-corrected chi connectivity index (χ0v) is 11.6. The quantitative estimate of drug-likeness (QED) is 0.867. The maximum Gasteiger partial charge on any atom is 0.249 e. The number of rotatable bonds is 4. The molecule has 3 N–H and O–H groups in total. The number of benzene rings is 1. The van der Waals surface area contributed by atoms with Crippen molar-refractivity contribution in [2.24, 2.45) is 5.73 Å². The van der Waals surface area contributed by atoms with Crippen LogP contribution in [0.25, 0.3) is 0 Å². The van der Waals surface area contributed by atoms with Gasteiger partial charge in [0.05, 0.1) is 12.1 Å². The van der Waals surface area contributed by atoms with E-state index >= 15 is 0 Å². The normalized spacial score (nSPS) is 24.2. The van der Waals surface area contributed by atoms with Gasteiger partial charge in [-0.3, -0.25) is 4.79 Å². The van der Waals surface area contributed by atoms with E-state index < -0.39 is 0 Å². The minimum absolute atomic E-state index is 0.00590. The van der Waals surface area contributed by atoms with E-state index in [0.717, 1.165) is 18.4 Å². The molecular weight excluding hydrogens is 240 g/mol. The molecule has 4 heteroatoms. The second-order valence-electron chi connectivity index (χ2n) is 5.20. The monoisotopic (exact) mass is 262 g/mol. The van der Waals surface area contributed by atoms with Gasteiger partial charge in [0.25, 0.3) is 0 Å². The van der Waals surface area contributed by atoms with Crippen molar-refractivity contribution in [3.05, 3.63) is 35.4 Å². The number of carbonyl (C=O) groups is 1. The lowest BCUT2D eigenvalue weighted by Gasteiger charge is -2.18. The van der Waals surface area contributed by atoms with Gasteiger partial charge in [0.15, 0.2) is 0 Å². The highest BCUT2D eigenvalue weighted by atomic mass is 16.5. The summed E-state index contributed by atoms with van der Waals surface area (Å²) in [6.45, 7) is 4.52. The summed E-state index contributed by atoms with van der Waals surface area (Å²) < 4.78 is 5.59. The first-order chi connectivity index (χ1) is 9.10. The molecule has 1 aliphatic rings. The zero-order valence-electron chi connectivity index (χ0n) is 11.6. The number of aryl methyl sites for hydroxylation is 1. The molecule has 0 aromatic heterocycles. The third-order valence-electron chi connectivity index (χ3n) is 3.60. The van der Waals surface area contributed by atoms with Crippen molar-refractivity contribution in [1.29, 1.82) is 0 Å². The van der Waals surface area contributed by atoms with Crippen LogP contribution in [0.3, 0.4) is 0 Å². The third kappa shape index (κ3) is 3.55. The summed E-state index contributed by atoms with van der Waals surface area (Å²) in [6, 6.07) is 8.17. The number of hydrogen-bond acceptors (Lipinski definition) is 3. The molecule has 0 saturated carbocycles. The third-order valence-corrected chi connectivity index (χ3v) is 3.60. The molecular formula is C15H22N2O2. The summed E-state index contributed by atoms with van der Waals surface area (Å²) in [4.78, 5) is 12.1. The number of hydrogen-bond donors (Lipinski definition) is 2. The van der Waals surface area contributed by atoms with Gasteiger partial charge in [0.2, 0.25) is 5.91 Å². The Morgan fingerprint density at radius 1 is 1.42 bits per heavy atom. The zero-order chi connectivity index (χ0) is 13.8. The molecule has 0 aliphatic carbocycles. The predicted octanol–water partition coefficient (Wildman–Crippen LogP) is 1.68. The fourth-order valence-electron chi connectivity index (χ4n) is 2.32. The lowest BCUT2D eigenvalue weighted by Crippen LogP contribution is -2.36. The van der Waals surface area contributed by atoms with E-state index in [4.69, 9.17) is 10.5 Å². The van der Waals surface area contributed by atoms with Gasteiger partial charge in [-0.15, -0.1) is 0 Å². The van der Waals surface area contributed by atoms with Crippen LogP contribution in [0.2, 0.25) is 0 Å². The van der Waals surface area contributed by atoms with Gasteiger partial charge in [0.1, 0.15) is 6.10 Å². The second-order valence-corrected chi connectivity index (χ2v) is 5.20. The Hall–Kier alpha value is -1.39. The Kier molecular flexibility index (Phi) is 4.56. The van der Waals surface area contributed by atoms with Crippen molar-refractivity contribution >= 4 is 5.91 Å². The molecule has 1 fully saturated rings. The summed E-state index contributed by atoms with van der Waals surface area (Å²) in [5.41, 5.74) is 7.86. The Labute approximate surface area is 114 Å². The van der Waals surface area contributed by atoms with Crippen molar-refractivity contribution < 1.29 is 9.53 Å². The highest BCUT2D eigenvalue weighted by Crippen LogP contribution is 2.20. The van der Waals surface area contributed by atoms with Crippen molar-refractivity contribution in [3.63, 3.8) is 0 Å². The lowest BCUT2D eigenvalue weighted by molar-refractivity contribution is -0.132. The largest absolute Gasteiger partial charge is 0.364 e. The Balaban J connectivity index is 1.90. The molecule has 0 bridgehead atoms. The van der Waals surface area contributed by atoms with Crippen LogP contribution in [0.4, 0.5) is 0 Å². The van der Waals surface area contributed by atoms with E-state index in [1.54, 1.807) is 0 Å². The van der Waals surface area contributed by atoms with Crippen LogP contribution in [-0.2, 0) is 9.53 Å². The summed E-state index contributed by atoms with van der Waals surface area (Å²) in [7, 11) is 0. The summed E-state index contributed by atoms with van der Waals surface area (Å²) in [6.07, 6.45) is 1.31. The van der Waals surface area contributed by atoms with E-state index in [1.807, 2.05) is 26.0 Å². The van der Waals surface area contributed by atoms with Crippen LogP contribution < -0.4 is 11.1 Å². The number of carbonyl (C=O) groups excluding carboxylic acids is 1. The molecule has 3 unspecified atom stereocenters. The van der Waals surface area contributed by atoms with Crippen molar-refractivity contribution in [1.82, 2.24) is 5.32 Å². The number of ether oxygens (including phenoxy) is 1. The van der Waals surface area contributed by atoms with Crippen LogP contribution >= 0.6 is 0 Å². The highest BCUT2D eigenvalue weighted by Gasteiger charge is 2.30. The van der Waals surface area contributed by atoms with E-state index in [0.29, 0.717) is 6.54 Å². The van der Waals surface area contributed by atoms with Gasteiger partial charge in [-0.1, -0.05) is 29.8 Å². The minimum atomic E-state index is -0.346. The van der Waals surface area contributed by atoms with E-state index in [1.165, 1.54) is 5.56 Å². The summed E-state index contributed by atoms with van der Waals surface area (Å²) in [5.74, 6) is -0.0379. The molecule has 2 rings (SSSR count). The van der Waals surface area contributed by atoms with Gasteiger partial charge < -0.3 is 15.8 Å². The van der Waals surface area contributed by atoms with Gasteiger partial charge in [-0.25, -0.2) is 0 Å². The lowest BCUT2D eigenvalue weighted by atomic mass is 10.1. The Morgan fingerprint density at radius 2 is 2.11 bits per heavy atom. The Morgan fingerprint density at radius 3 is 2.68 bits per heavy atom. The average molecular weight is 262 g/mol. The fraction of sp³-hybridized carbons (Fsp3) is 0.533. The average Bonchev–Trinajstić information content (AvgIpc) is 2.88. The van der Waals surface area contributed by atoms with Crippen molar-refractivity contribution in [2.45, 2.75) is 44.9 Å². The topological polar surface area (TPSA) is 64.4 Å². The van der Waals surface area contributed by atoms with Gasteiger partial charge >= 0.3 is 0 Å². The molecule has 1 aromatic rings. The number of nitrogens with two attached hydrogens (primary N) is 1. The molecule has 0 radical (unpaired) electrons. The van der Waals surface area contributed by atoms with Gasteiger partial charge in [-0.2, -0.15) is 0 Å². The molecule has 3 atom stereocenters. The molecule has 104 valence electrons. The van der Waals surface area contributed by atoms with Crippen LogP contribution in [0.5, 0.6) is 0 Å². The molecule has 4 nitrogen and oxygen atoms in total. The first-order valence-corrected chi connectivity index (χ1v) is 6.82. The maximum absolute atomic E-state index is 12.1. The first kappa shape index (κ1) is 14.0. The molecule has 1 aromatic carbocycles. The first-order valence-electron chi connectivity index (χ1n) is 6.82. The van der Waals surface area contributed by atoms with Crippen LogP contribution in [0, 0.1) is 6.92 Å². The number of amides is 1. The van der Waals surface area contributed by atoms with Crippen molar-refractivity contribution in [3.8, 4) is 0 Å². The van der Waals surface area contributed by atoms with E-state index in [-0.39, 0.29) is 24.2 Å². The van der Waals surface area contributed by atoms with Crippen LogP contribution in [-0.4, -0.2) is 24.7 Å². The van der Waals surface area contributed by atoms with Gasteiger partial charge in [-0.05, 0) is 32.3 Å². The summed E-state index contributed by atoms with van der Waals surface area (Å²) in [5, 5.41) is 3.00. The van der Waals surface area contributed by atoms with Crippen LogP contribution in [0.1, 0.15) is 36.9 Å². The molecule has 1 aliphatic heterocycles. The standard InChI is InChI=1S/C15H22N2O2/c1-10-3-5-12(6-4-10)11(2)17-15(18)14-8-7-13(9-16)19-14/h3-6,11,13-14H,7-9,16H2,1-2H3,(H,17,18). The number of nitrogens with one attached hydrogen (secondary N) is 1. The SMILES string of the molecule is Cc1ccc(C(C)NC(=O)C2CCC(CN)O2)cc1. The van der Waals surface area contributed by atoms with E-state index in [2.05, 4.69) is 17.4 Å². The fourth-order valence-corrected chi connectivity index (χ4v) is 2.32. The Bertz CT molecular complexity index is 430. The minimum Gasteiger partial charge on any atom is -0.364 e. The maximum atomic E-state index is 12.1. The molecule has 19 heavy (non-hydrogen) atoms. The molecule has 1 amide bonds. The molecule has 1 heterocycles. The van der Waals surface area contributed by atoms with Gasteiger partial charge in [0, 0.05) is 6.54 Å². The predicted molar refractivity (Wildman–Crippen MR) is 74.7 cm³/mol. The highest BCUT2D eigenvalue weighted by molar-refractivity contribution is 5.81. The summed E-state index contributed by atoms with van der Waals surface area (Å²) >= 11 is 0. The van der Waals surface area contributed by atoms with E-state index in [9.17, 15) is 4.79 Å². The van der Waals surface area contributed by atoms with Crippen LogP contribution in [0.15, 0.2) is 24.3 Å². The van der Waals surface area contributed by atoms with Crippen molar-refractivity contribution in [2.75, 3.05) is 6.54 Å². The molecule has 0 spiro atoms. The second kappa shape index (κ2) is 6.17. The molecule has 1 saturated heterocycles. The smallest absolute Gasteiger partial charge is 0.249 e.